The van der Waals surface area contributed by atoms with Gasteiger partial charge in [0, 0.05) is 11.5 Å². The molecule has 26 heavy (non-hydrogen) atoms. The highest BCUT2D eigenvalue weighted by atomic mass is 28.4. The van der Waals surface area contributed by atoms with E-state index in [2.05, 4.69) is 33.9 Å². The SMILES string of the molecule is CCOC(=O)C1=C[C@@H](O[Si](C)(C)C(C)(C)C)[C@@H]2C[C@H]3OC(C)(C)O[C@H]3[C@H]12. The molecule has 0 radical (unpaired) electrons. The fraction of sp³-hybridized carbons (Fsp3) is 0.850. The Kier molecular flexibility index (Phi) is 4.96. The monoisotopic (exact) mass is 382 g/mol. The van der Waals surface area contributed by atoms with Crippen molar-refractivity contribution in [3.8, 4) is 0 Å². The molecule has 5 nitrogen and oxygen atoms in total. The normalized spacial score (nSPS) is 35.8. The van der Waals surface area contributed by atoms with Crippen LogP contribution in [0.2, 0.25) is 18.1 Å². The third-order valence-electron chi connectivity index (χ3n) is 6.41. The molecule has 1 heterocycles. The maximum absolute atomic E-state index is 12.6. The second-order valence-electron chi connectivity index (χ2n) is 9.75. The molecule has 0 aromatic carbocycles. The number of carbonyl (C=O) groups excluding carboxylic acids is 1. The Hall–Kier alpha value is -0.693. The summed E-state index contributed by atoms with van der Waals surface area (Å²) in [5, 5.41) is 0.118. The van der Waals surface area contributed by atoms with Gasteiger partial charge in [0.25, 0.3) is 0 Å². The summed E-state index contributed by atoms with van der Waals surface area (Å²) in [6.07, 6.45) is 2.72. The van der Waals surface area contributed by atoms with Crippen molar-refractivity contribution in [3.05, 3.63) is 11.6 Å². The van der Waals surface area contributed by atoms with Gasteiger partial charge in [-0.15, -0.1) is 0 Å². The molecular weight excluding hydrogens is 348 g/mol. The van der Waals surface area contributed by atoms with Crippen LogP contribution in [0.3, 0.4) is 0 Å². The molecule has 0 aromatic rings. The molecule has 0 amide bonds. The van der Waals surface area contributed by atoms with Crippen molar-refractivity contribution in [3.63, 3.8) is 0 Å². The molecule has 1 saturated heterocycles. The van der Waals surface area contributed by atoms with Gasteiger partial charge in [-0.2, -0.15) is 0 Å². The number of esters is 1. The van der Waals surface area contributed by atoms with Crippen LogP contribution in [0.15, 0.2) is 11.6 Å². The zero-order chi connectivity index (χ0) is 19.5. The zero-order valence-corrected chi connectivity index (χ0v) is 18.4. The Bertz CT molecular complexity index is 604. The highest BCUT2D eigenvalue weighted by Crippen LogP contribution is 2.53. The lowest BCUT2D eigenvalue weighted by molar-refractivity contribution is -0.161. The number of hydrogen-bond donors (Lipinski definition) is 0. The molecule has 1 aliphatic heterocycles. The Morgan fingerprint density at radius 2 is 1.96 bits per heavy atom. The summed E-state index contributed by atoms with van der Waals surface area (Å²) in [6.45, 7) is 17.3. The van der Waals surface area contributed by atoms with Gasteiger partial charge in [0.05, 0.1) is 24.9 Å². The van der Waals surface area contributed by atoms with Crippen molar-refractivity contribution in [1.82, 2.24) is 0 Å². The third kappa shape index (κ3) is 3.41. The van der Waals surface area contributed by atoms with Gasteiger partial charge in [0.15, 0.2) is 14.1 Å². The minimum atomic E-state index is -1.96. The average molecular weight is 383 g/mol. The van der Waals surface area contributed by atoms with E-state index in [4.69, 9.17) is 18.6 Å². The van der Waals surface area contributed by atoms with Gasteiger partial charge in [0.1, 0.15) is 0 Å². The third-order valence-corrected chi connectivity index (χ3v) is 10.9. The molecule has 0 bridgehead atoms. The van der Waals surface area contributed by atoms with Crippen LogP contribution in [0.4, 0.5) is 0 Å². The smallest absolute Gasteiger partial charge is 0.334 e. The van der Waals surface area contributed by atoms with Crippen LogP contribution < -0.4 is 0 Å². The number of hydrogen-bond acceptors (Lipinski definition) is 5. The lowest BCUT2D eigenvalue weighted by atomic mass is 9.92. The molecule has 3 aliphatic rings. The van der Waals surface area contributed by atoms with E-state index in [0.717, 1.165) is 6.42 Å². The first-order chi connectivity index (χ1) is 11.9. The molecule has 6 heteroatoms. The molecule has 5 atom stereocenters. The van der Waals surface area contributed by atoms with E-state index in [1.165, 1.54) is 0 Å². The largest absolute Gasteiger partial charge is 0.463 e. The molecule has 2 fully saturated rings. The molecule has 0 N–H and O–H groups in total. The topological polar surface area (TPSA) is 54.0 Å². The molecule has 0 unspecified atom stereocenters. The van der Waals surface area contributed by atoms with Crippen LogP contribution in [0, 0.1) is 11.8 Å². The van der Waals surface area contributed by atoms with Crippen molar-refractivity contribution in [2.75, 3.05) is 6.61 Å². The van der Waals surface area contributed by atoms with Crippen LogP contribution in [-0.2, 0) is 23.4 Å². The van der Waals surface area contributed by atoms with Crippen molar-refractivity contribution in [2.24, 2.45) is 11.8 Å². The fourth-order valence-electron chi connectivity index (χ4n) is 4.22. The molecule has 2 aliphatic carbocycles. The second kappa shape index (κ2) is 6.43. The Morgan fingerprint density at radius 3 is 2.54 bits per heavy atom. The van der Waals surface area contributed by atoms with E-state index >= 15 is 0 Å². The molecule has 3 rings (SSSR count). The summed E-state index contributed by atoms with van der Waals surface area (Å²) in [5.74, 6) is -0.624. The highest BCUT2D eigenvalue weighted by Gasteiger charge is 2.60. The minimum absolute atomic E-state index is 0.00408. The molecule has 0 spiro atoms. The van der Waals surface area contributed by atoms with E-state index in [-0.39, 0.29) is 41.2 Å². The summed E-state index contributed by atoms with van der Waals surface area (Å²) in [4.78, 5) is 12.6. The Morgan fingerprint density at radius 1 is 1.31 bits per heavy atom. The first kappa shape index (κ1) is 20.1. The second-order valence-corrected chi connectivity index (χ2v) is 14.5. The van der Waals surface area contributed by atoms with E-state index in [1.54, 1.807) is 0 Å². The standard InChI is InChI=1S/C20H34O5Si/c1-9-22-18(21)13-11-14(25-26(7,8)19(2,3)4)12-10-15-17(16(12)13)24-20(5,6)23-15/h11-12,14-17H,9-10H2,1-8H3/t12-,14+,15+,16-,17+/m0/s1. The van der Waals surface area contributed by atoms with Gasteiger partial charge in [-0.25, -0.2) is 4.79 Å². The molecular formula is C20H34O5Si. The van der Waals surface area contributed by atoms with E-state index in [9.17, 15) is 4.79 Å². The summed E-state index contributed by atoms with van der Waals surface area (Å²) in [5.41, 5.74) is 0.717. The lowest BCUT2D eigenvalue weighted by Crippen LogP contribution is -2.45. The number of carbonyl (C=O) groups is 1. The predicted octanol–water partition coefficient (Wildman–Crippen LogP) is 4.04. The van der Waals surface area contributed by atoms with Gasteiger partial charge in [-0.1, -0.05) is 20.8 Å². The van der Waals surface area contributed by atoms with Crippen molar-refractivity contribution >= 4 is 14.3 Å². The van der Waals surface area contributed by atoms with Crippen molar-refractivity contribution in [1.29, 1.82) is 0 Å². The van der Waals surface area contributed by atoms with Gasteiger partial charge in [-0.05, 0) is 57.3 Å². The van der Waals surface area contributed by atoms with Crippen LogP contribution >= 0.6 is 0 Å². The Labute approximate surface area is 158 Å². The van der Waals surface area contributed by atoms with Crippen LogP contribution in [-0.4, -0.2) is 45.0 Å². The summed E-state index contributed by atoms with van der Waals surface area (Å²) in [7, 11) is -1.96. The molecule has 148 valence electrons. The van der Waals surface area contributed by atoms with E-state index in [0.29, 0.717) is 12.2 Å². The van der Waals surface area contributed by atoms with E-state index < -0.39 is 14.1 Å². The van der Waals surface area contributed by atoms with Crippen molar-refractivity contribution in [2.45, 2.75) is 90.2 Å². The number of ether oxygens (including phenoxy) is 3. The molecule has 1 saturated carbocycles. The number of rotatable bonds is 4. The maximum Gasteiger partial charge on any atom is 0.334 e. The van der Waals surface area contributed by atoms with Crippen LogP contribution in [0.25, 0.3) is 0 Å². The quantitative estimate of drug-likeness (QED) is 0.543. The summed E-state index contributed by atoms with van der Waals surface area (Å²) in [6, 6.07) is 0. The van der Waals surface area contributed by atoms with Gasteiger partial charge in [-0.3, -0.25) is 0 Å². The first-order valence-electron chi connectivity index (χ1n) is 9.78. The van der Waals surface area contributed by atoms with Crippen LogP contribution in [0.5, 0.6) is 0 Å². The van der Waals surface area contributed by atoms with Gasteiger partial charge in [0.2, 0.25) is 0 Å². The van der Waals surface area contributed by atoms with E-state index in [1.807, 2.05) is 26.8 Å². The number of fused-ring (bicyclic) bond motifs is 3. The molecule has 0 aromatic heterocycles. The Balaban J connectivity index is 1.88. The average Bonchev–Trinajstić information content (AvgIpc) is 3.05. The van der Waals surface area contributed by atoms with Gasteiger partial charge >= 0.3 is 5.97 Å². The fourth-order valence-corrected chi connectivity index (χ4v) is 5.50. The lowest BCUT2D eigenvalue weighted by Gasteiger charge is -2.39. The predicted molar refractivity (Wildman–Crippen MR) is 102 cm³/mol. The maximum atomic E-state index is 12.6. The van der Waals surface area contributed by atoms with Gasteiger partial charge < -0.3 is 18.6 Å². The summed E-state index contributed by atoms with van der Waals surface area (Å²) >= 11 is 0. The zero-order valence-electron chi connectivity index (χ0n) is 17.4. The minimum Gasteiger partial charge on any atom is -0.463 e. The van der Waals surface area contributed by atoms with Crippen LogP contribution in [0.1, 0.15) is 48.0 Å². The highest BCUT2D eigenvalue weighted by molar-refractivity contribution is 6.74. The summed E-state index contributed by atoms with van der Waals surface area (Å²) < 4.78 is 24.3. The first-order valence-corrected chi connectivity index (χ1v) is 12.7. The van der Waals surface area contributed by atoms with Crippen molar-refractivity contribution < 1.29 is 23.4 Å².